The molecule has 0 aromatic carbocycles. The summed E-state index contributed by atoms with van der Waals surface area (Å²) in [6, 6.07) is 0. The first-order valence-corrected chi connectivity index (χ1v) is 9.92. The van der Waals surface area contributed by atoms with E-state index in [9.17, 15) is 13.2 Å². The van der Waals surface area contributed by atoms with E-state index in [0.717, 1.165) is 38.1 Å². The van der Waals surface area contributed by atoms with Crippen LogP contribution in [0.25, 0.3) is 0 Å². The van der Waals surface area contributed by atoms with Crippen molar-refractivity contribution in [2.24, 2.45) is 5.92 Å². The van der Waals surface area contributed by atoms with Gasteiger partial charge in [-0.1, -0.05) is 0 Å². The van der Waals surface area contributed by atoms with Crippen molar-refractivity contribution in [3.05, 3.63) is 16.3 Å². The van der Waals surface area contributed by atoms with Crippen LogP contribution in [0.15, 0.2) is 4.79 Å². The molecule has 1 atom stereocenters. The van der Waals surface area contributed by atoms with E-state index in [1.54, 1.807) is 4.57 Å². The number of aryl methyl sites for hydroxylation is 2. The van der Waals surface area contributed by atoms with Gasteiger partial charge >= 0.3 is 5.69 Å². The lowest BCUT2D eigenvalue weighted by Crippen LogP contribution is -2.32. The van der Waals surface area contributed by atoms with E-state index in [1.165, 1.54) is 4.68 Å². The second-order valence-electron chi connectivity index (χ2n) is 6.29. The van der Waals surface area contributed by atoms with E-state index in [1.807, 2.05) is 0 Å². The molecule has 2 aliphatic heterocycles. The van der Waals surface area contributed by atoms with Crippen molar-refractivity contribution in [3.8, 4) is 0 Å². The third kappa shape index (κ3) is 4.21. The lowest BCUT2D eigenvalue weighted by atomic mass is 10.2. The summed E-state index contributed by atoms with van der Waals surface area (Å²) in [6.07, 6.45) is 4.29. The summed E-state index contributed by atoms with van der Waals surface area (Å²) in [5.74, 6) is 1.06. The maximum Gasteiger partial charge on any atom is 0.345 e. The van der Waals surface area contributed by atoms with Gasteiger partial charge in [-0.05, 0) is 31.6 Å². The molecule has 23 heavy (non-hydrogen) atoms. The van der Waals surface area contributed by atoms with Gasteiger partial charge in [0, 0.05) is 32.7 Å². The highest BCUT2D eigenvalue weighted by Gasteiger charge is 2.23. The van der Waals surface area contributed by atoms with E-state index >= 15 is 0 Å². The molecule has 0 unspecified atom stereocenters. The fraction of sp³-hybridized carbons (Fsp3) is 0.857. The van der Waals surface area contributed by atoms with Crippen LogP contribution in [-0.2, 0) is 34.3 Å². The maximum absolute atomic E-state index is 12.1. The van der Waals surface area contributed by atoms with Crippen molar-refractivity contribution >= 4 is 10.0 Å². The van der Waals surface area contributed by atoms with Crippen molar-refractivity contribution in [1.82, 2.24) is 19.1 Å². The number of nitrogens with zero attached hydrogens (tertiary/aromatic N) is 3. The Kier molecular flexibility index (Phi) is 5.17. The molecule has 8 nitrogen and oxygen atoms in total. The number of fused-ring (bicyclic) bond motifs is 1. The number of hydrogen-bond acceptors (Lipinski definition) is 5. The Morgan fingerprint density at radius 3 is 2.96 bits per heavy atom. The van der Waals surface area contributed by atoms with Gasteiger partial charge in [-0.15, -0.1) is 0 Å². The minimum Gasteiger partial charge on any atom is -0.381 e. The largest absolute Gasteiger partial charge is 0.381 e. The van der Waals surface area contributed by atoms with Crippen molar-refractivity contribution in [1.29, 1.82) is 0 Å². The fourth-order valence-electron chi connectivity index (χ4n) is 3.13. The highest BCUT2D eigenvalue weighted by atomic mass is 32.2. The zero-order valence-corrected chi connectivity index (χ0v) is 14.1. The maximum atomic E-state index is 12.1. The van der Waals surface area contributed by atoms with Crippen LogP contribution in [0.4, 0.5) is 0 Å². The van der Waals surface area contributed by atoms with E-state index in [4.69, 9.17) is 4.74 Å². The Morgan fingerprint density at radius 1 is 1.35 bits per heavy atom. The molecule has 0 radical (unpaired) electrons. The number of aromatic nitrogens is 3. The van der Waals surface area contributed by atoms with Crippen LogP contribution in [-0.4, -0.2) is 48.3 Å². The number of hydrogen-bond donors (Lipinski definition) is 1. The third-order valence-electron chi connectivity index (χ3n) is 4.38. The average Bonchev–Trinajstić information content (AvgIpc) is 3.12. The molecule has 2 aliphatic rings. The molecule has 130 valence electrons. The summed E-state index contributed by atoms with van der Waals surface area (Å²) >= 11 is 0. The molecule has 1 aromatic heterocycles. The Morgan fingerprint density at radius 2 is 2.22 bits per heavy atom. The number of nitrogens with one attached hydrogen (secondary N) is 1. The van der Waals surface area contributed by atoms with Gasteiger partial charge < -0.3 is 4.74 Å². The molecular formula is C14H24N4O4S. The number of rotatable bonds is 7. The van der Waals surface area contributed by atoms with Crippen LogP contribution >= 0.6 is 0 Å². The zero-order chi connectivity index (χ0) is 16.3. The Bertz CT molecular complexity index is 688. The van der Waals surface area contributed by atoms with Gasteiger partial charge in [-0.2, -0.15) is 5.10 Å². The second kappa shape index (κ2) is 7.14. The molecule has 1 fully saturated rings. The smallest absolute Gasteiger partial charge is 0.345 e. The summed E-state index contributed by atoms with van der Waals surface area (Å²) in [5, 5.41) is 4.34. The lowest BCUT2D eigenvalue weighted by Gasteiger charge is -2.10. The van der Waals surface area contributed by atoms with Gasteiger partial charge in [0.05, 0.1) is 12.4 Å². The first kappa shape index (κ1) is 16.7. The molecule has 0 bridgehead atoms. The Balaban J connectivity index is 1.46. The highest BCUT2D eigenvalue weighted by Crippen LogP contribution is 2.14. The van der Waals surface area contributed by atoms with Crippen LogP contribution in [0, 0.1) is 5.92 Å². The molecule has 0 spiro atoms. The SMILES string of the molecule is O=c1n(CCCNS(=O)(=O)C[C@@H]2CCOC2)nc2n1CCCC2. The first-order chi connectivity index (χ1) is 11.1. The van der Waals surface area contributed by atoms with Crippen molar-refractivity contribution in [2.45, 2.75) is 45.2 Å². The van der Waals surface area contributed by atoms with Gasteiger partial charge in [-0.3, -0.25) is 4.57 Å². The molecule has 0 amide bonds. The summed E-state index contributed by atoms with van der Waals surface area (Å²) in [6.45, 7) is 2.67. The quantitative estimate of drug-likeness (QED) is 0.687. The minimum atomic E-state index is -3.27. The predicted molar refractivity (Wildman–Crippen MR) is 84.8 cm³/mol. The second-order valence-corrected chi connectivity index (χ2v) is 8.14. The van der Waals surface area contributed by atoms with Gasteiger partial charge in [0.2, 0.25) is 10.0 Å². The lowest BCUT2D eigenvalue weighted by molar-refractivity contribution is 0.188. The topological polar surface area (TPSA) is 95.2 Å². The van der Waals surface area contributed by atoms with Gasteiger partial charge in [0.15, 0.2) is 0 Å². The van der Waals surface area contributed by atoms with E-state index in [2.05, 4.69) is 9.82 Å². The fourth-order valence-corrected chi connectivity index (χ4v) is 4.59. The molecule has 1 aromatic rings. The summed E-state index contributed by atoms with van der Waals surface area (Å²) in [7, 11) is -3.27. The predicted octanol–water partition coefficient (Wildman–Crippen LogP) is -0.273. The van der Waals surface area contributed by atoms with E-state index in [0.29, 0.717) is 32.7 Å². The molecule has 0 aliphatic carbocycles. The monoisotopic (exact) mass is 344 g/mol. The molecule has 3 heterocycles. The van der Waals surface area contributed by atoms with Crippen molar-refractivity contribution in [2.75, 3.05) is 25.5 Å². The number of ether oxygens (including phenoxy) is 1. The highest BCUT2D eigenvalue weighted by molar-refractivity contribution is 7.89. The van der Waals surface area contributed by atoms with Crippen molar-refractivity contribution in [3.63, 3.8) is 0 Å². The molecule has 3 rings (SSSR count). The molecule has 1 N–H and O–H groups in total. The van der Waals surface area contributed by atoms with E-state index in [-0.39, 0.29) is 17.4 Å². The van der Waals surface area contributed by atoms with Gasteiger partial charge in [0.25, 0.3) is 0 Å². The average molecular weight is 344 g/mol. The van der Waals surface area contributed by atoms with E-state index < -0.39 is 10.0 Å². The minimum absolute atomic E-state index is 0.0781. The Hall–Kier alpha value is -1.19. The van der Waals surface area contributed by atoms with Crippen LogP contribution in [0.1, 0.15) is 31.5 Å². The summed E-state index contributed by atoms with van der Waals surface area (Å²) in [4.78, 5) is 12.1. The molecular weight excluding hydrogens is 320 g/mol. The molecule has 9 heteroatoms. The van der Waals surface area contributed by atoms with Crippen LogP contribution in [0.3, 0.4) is 0 Å². The first-order valence-electron chi connectivity index (χ1n) is 8.27. The molecule has 0 saturated carbocycles. The summed E-state index contributed by atoms with van der Waals surface area (Å²) in [5.41, 5.74) is -0.0781. The normalized spacial score (nSPS) is 21.5. The van der Waals surface area contributed by atoms with Crippen molar-refractivity contribution < 1.29 is 13.2 Å². The number of sulfonamides is 1. The van der Waals surface area contributed by atoms with Gasteiger partial charge in [-0.25, -0.2) is 22.6 Å². The zero-order valence-electron chi connectivity index (χ0n) is 13.2. The third-order valence-corrected chi connectivity index (χ3v) is 5.93. The standard InChI is InChI=1S/C14H24N4O4S/c19-14-17-7-2-1-4-13(17)16-18(14)8-3-6-15-23(20,21)11-12-5-9-22-10-12/h12,15H,1-11H2/t12-/m1/s1. The van der Waals surface area contributed by atoms with Crippen LogP contribution in [0.2, 0.25) is 0 Å². The van der Waals surface area contributed by atoms with Crippen LogP contribution < -0.4 is 10.4 Å². The summed E-state index contributed by atoms with van der Waals surface area (Å²) < 4.78 is 34.9. The Labute approximate surface area is 135 Å². The molecule has 1 saturated heterocycles. The van der Waals surface area contributed by atoms with Gasteiger partial charge in [0.1, 0.15) is 5.82 Å². The van der Waals surface area contributed by atoms with Crippen LogP contribution in [0.5, 0.6) is 0 Å².